The standard InChI is InChI=1S/C22H41N3/c1-7-11-13-18(9-3)15-20-23-21(25-22(24-20)17(5)6)16-19(10-4)14-12-8-2/h17-19H,7-16H2,1-6H3. The maximum Gasteiger partial charge on any atom is 0.135 e. The van der Waals surface area contributed by atoms with Crippen molar-refractivity contribution in [3.63, 3.8) is 0 Å². The van der Waals surface area contributed by atoms with Crippen LogP contribution in [0.2, 0.25) is 0 Å². The molecule has 1 aromatic rings. The van der Waals surface area contributed by atoms with Crippen molar-refractivity contribution < 1.29 is 0 Å². The first-order valence-electron chi connectivity index (χ1n) is 10.8. The molecule has 2 unspecified atom stereocenters. The van der Waals surface area contributed by atoms with Gasteiger partial charge >= 0.3 is 0 Å². The molecule has 0 saturated carbocycles. The van der Waals surface area contributed by atoms with Crippen LogP contribution in [-0.2, 0) is 12.8 Å². The van der Waals surface area contributed by atoms with Crippen molar-refractivity contribution in [2.75, 3.05) is 0 Å². The number of hydrogen-bond acceptors (Lipinski definition) is 3. The first-order valence-corrected chi connectivity index (χ1v) is 10.8. The Balaban J connectivity index is 2.91. The van der Waals surface area contributed by atoms with Crippen LogP contribution in [0.1, 0.15) is 116 Å². The second kappa shape index (κ2) is 12.4. The van der Waals surface area contributed by atoms with Gasteiger partial charge in [0.05, 0.1) is 0 Å². The lowest BCUT2D eigenvalue weighted by atomic mass is 9.94. The van der Waals surface area contributed by atoms with Crippen LogP contribution in [0, 0.1) is 11.8 Å². The molecule has 0 aliphatic heterocycles. The summed E-state index contributed by atoms with van der Waals surface area (Å²) >= 11 is 0. The van der Waals surface area contributed by atoms with E-state index in [1.54, 1.807) is 0 Å². The summed E-state index contributed by atoms with van der Waals surface area (Å²) in [5.74, 6) is 4.82. The molecule has 0 spiro atoms. The molecule has 1 rings (SSSR count). The minimum atomic E-state index is 0.368. The zero-order valence-electron chi connectivity index (χ0n) is 17.6. The van der Waals surface area contributed by atoms with Crippen molar-refractivity contribution >= 4 is 0 Å². The van der Waals surface area contributed by atoms with Gasteiger partial charge in [0.25, 0.3) is 0 Å². The predicted octanol–water partition coefficient (Wildman–Crippen LogP) is 6.51. The van der Waals surface area contributed by atoms with Crippen LogP contribution >= 0.6 is 0 Å². The van der Waals surface area contributed by atoms with E-state index in [1.807, 2.05) is 0 Å². The third-order valence-electron chi connectivity index (χ3n) is 5.29. The van der Waals surface area contributed by atoms with Gasteiger partial charge in [-0.15, -0.1) is 0 Å². The third kappa shape index (κ3) is 8.29. The van der Waals surface area contributed by atoms with Crippen LogP contribution in [0.5, 0.6) is 0 Å². The number of aromatic nitrogens is 3. The van der Waals surface area contributed by atoms with E-state index in [1.165, 1.54) is 51.4 Å². The molecule has 0 radical (unpaired) electrons. The molecule has 1 heterocycles. The molecule has 0 aliphatic carbocycles. The van der Waals surface area contributed by atoms with Crippen LogP contribution in [-0.4, -0.2) is 15.0 Å². The fraction of sp³-hybridized carbons (Fsp3) is 0.864. The van der Waals surface area contributed by atoms with Gasteiger partial charge in [0, 0.05) is 18.8 Å². The maximum atomic E-state index is 4.89. The SMILES string of the molecule is CCCCC(CC)Cc1nc(CC(CC)CCCC)nc(C(C)C)n1. The van der Waals surface area contributed by atoms with Gasteiger partial charge in [-0.2, -0.15) is 0 Å². The number of nitrogens with zero attached hydrogens (tertiary/aromatic N) is 3. The topological polar surface area (TPSA) is 38.7 Å². The predicted molar refractivity (Wildman–Crippen MR) is 108 cm³/mol. The Bertz CT molecular complexity index is 434. The molecular weight excluding hydrogens is 306 g/mol. The van der Waals surface area contributed by atoms with E-state index in [-0.39, 0.29) is 0 Å². The summed E-state index contributed by atoms with van der Waals surface area (Å²) in [5, 5.41) is 0. The maximum absolute atomic E-state index is 4.89. The van der Waals surface area contributed by atoms with E-state index >= 15 is 0 Å². The molecule has 2 atom stereocenters. The summed E-state index contributed by atoms with van der Waals surface area (Å²) in [6, 6.07) is 0. The van der Waals surface area contributed by atoms with Gasteiger partial charge in [0.2, 0.25) is 0 Å². The Hall–Kier alpha value is -0.990. The fourth-order valence-corrected chi connectivity index (χ4v) is 3.33. The van der Waals surface area contributed by atoms with E-state index in [4.69, 9.17) is 15.0 Å². The Labute approximate surface area is 156 Å². The highest BCUT2D eigenvalue weighted by Crippen LogP contribution is 2.21. The monoisotopic (exact) mass is 347 g/mol. The van der Waals surface area contributed by atoms with Gasteiger partial charge in [-0.25, -0.2) is 15.0 Å². The van der Waals surface area contributed by atoms with Gasteiger partial charge in [-0.05, 0) is 11.8 Å². The van der Waals surface area contributed by atoms with Crippen molar-refractivity contribution in [1.82, 2.24) is 15.0 Å². The molecule has 144 valence electrons. The second-order valence-electron chi connectivity index (χ2n) is 7.92. The summed E-state index contributed by atoms with van der Waals surface area (Å²) in [6.45, 7) is 13.5. The van der Waals surface area contributed by atoms with E-state index < -0.39 is 0 Å². The van der Waals surface area contributed by atoms with Gasteiger partial charge < -0.3 is 0 Å². The minimum Gasteiger partial charge on any atom is -0.218 e. The highest BCUT2D eigenvalue weighted by molar-refractivity contribution is 5.02. The van der Waals surface area contributed by atoms with Crippen LogP contribution in [0.15, 0.2) is 0 Å². The second-order valence-corrected chi connectivity index (χ2v) is 7.92. The molecule has 0 bridgehead atoms. The zero-order valence-corrected chi connectivity index (χ0v) is 17.6. The summed E-state index contributed by atoms with van der Waals surface area (Å²) in [5.41, 5.74) is 0. The third-order valence-corrected chi connectivity index (χ3v) is 5.29. The molecule has 1 aromatic heterocycles. The Kier molecular flexibility index (Phi) is 10.9. The van der Waals surface area contributed by atoms with Gasteiger partial charge in [-0.3, -0.25) is 0 Å². The lowest BCUT2D eigenvalue weighted by Gasteiger charge is -2.17. The summed E-state index contributed by atoms with van der Waals surface area (Å²) in [6.07, 6.45) is 12.2. The Morgan fingerprint density at radius 1 is 0.680 bits per heavy atom. The van der Waals surface area contributed by atoms with Crippen LogP contribution in [0.3, 0.4) is 0 Å². The van der Waals surface area contributed by atoms with Crippen LogP contribution in [0.25, 0.3) is 0 Å². The molecule has 0 N–H and O–H groups in total. The van der Waals surface area contributed by atoms with E-state index in [0.29, 0.717) is 17.8 Å². The first-order chi connectivity index (χ1) is 12.0. The quantitative estimate of drug-likeness (QED) is 0.408. The average Bonchev–Trinajstić information content (AvgIpc) is 2.61. The highest BCUT2D eigenvalue weighted by Gasteiger charge is 2.16. The molecule has 3 nitrogen and oxygen atoms in total. The van der Waals surface area contributed by atoms with Crippen LogP contribution < -0.4 is 0 Å². The van der Waals surface area contributed by atoms with Crippen molar-refractivity contribution in [3.05, 3.63) is 17.5 Å². The fourth-order valence-electron chi connectivity index (χ4n) is 3.33. The highest BCUT2D eigenvalue weighted by atomic mass is 15.0. The summed E-state index contributed by atoms with van der Waals surface area (Å²) < 4.78 is 0. The van der Waals surface area contributed by atoms with Crippen molar-refractivity contribution in [1.29, 1.82) is 0 Å². The molecule has 25 heavy (non-hydrogen) atoms. The summed E-state index contributed by atoms with van der Waals surface area (Å²) in [4.78, 5) is 14.5. The van der Waals surface area contributed by atoms with Crippen molar-refractivity contribution in [2.24, 2.45) is 11.8 Å². The smallest absolute Gasteiger partial charge is 0.135 e. The van der Waals surface area contributed by atoms with Gasteiger partial charge in [0.1, 0.15) is 17.5 Å². The molecule has 0 aliphatic rings. The molecular formula is C22H41N3. The zero-order chi connectivity index (χ0) is 18.7. The van der Waals surface area contributed by atoms with E-state index in [9.17, 15) is 0 Å². The molecule has 0 amide bonds. The van der Waals surface area contributed by atoms with Crippen molar-refractivity contribution in [2.45, 2.75) is 112 Å². The Morgan fingerprint density at radius 2 is 1.12 bits per heavy atom. The molecule has 0 aromatic carbocycles. The molecule has 3 heteroatoms. The first kappa shape index (κ1) is 22.1. The lowest BCUT2D eigenvalue weighted by molar-refractivity contribution is 0.424. The van der Waals surface area contributed by atoms with E-state index in [0.717, 1.165) is 30.3 Å². The largest absolute Gasteiger partial charge is 0.218 e. The normalized spacial score (nSPS) is 14.0. The average molecular weight is 348 g/mol. The number of hydrogen-bond donors (Lipinski definition) is 0. The van der Waals surface area contributed by atoms with Crippen LogP contribution in [0.4, 0.5) is 0 Å². The molecule has 0 fully saturated rings. The number of unbranched alkanes of at least 4 members (excludes halogenated alkanes) is 2. The number of rotatable bonds is 13. The van der Waals surface area contributed by atoms with Gasteiger partial charge in [0.15, 0.2) is 0 Å². The van der Waals surface area contributed by atoms with Crippen molar-refractivity contribution in [3.8, 4) is 0 Å². The minimum absolute atomic E-state index is 0.368. The van der Waals surface area contributed by atoms with E-state index in [2.05, 4.69) is 41.5 Å². The Morgan fingerprint density at radius 3 is 1.44 bits per heavy atom. The lowest BCUT2D eigenvalue weighted by Crippen LogP contribution is -2.15. The summed E-state index contributed by atoms with van der Waals surface area (Å²) in [7, 11) is 0. The molecule has 0 saturated heterocycles. The van der Waals surface area contributed by atoms with Gasteiger partial charge in [-0.1, -0.05) is 92.9 Å².